The summed E-state index contributed by atoms with van der Waals surface area (Å²) < 4.78 is 16.7. The molecule has 1 amide bonds. The van der Waals surface area contributed by atoms with Crippen molar-refractivity contribution in [3.63, 3.8) is 0 Å². The maximum atomic E-state index is 12.6. The number of carbonyl (C=O) groups is 1. The topological polar surface area (TPSA) is 98.7 Å². The predicted molar refractivity (Wildman–Crippen MR) is 143 cm³/mol. The van der Waals surface area contributed by atoms with Crippen LogP contribution in [0.4, 0.5) is 16.3 Å². The minimum Gasteiger partial charge on any atom is -0.481 e. The van der Waals surface area contributed by atoms with E-state index in [1.54, 1.807) is 41.9 Å². The minimum absolute atomic E-state index is 0.289. The maximum Gasteiger partial charge on any atom is 0.410 e. The van der Waals surface area contributed by atoms with Crippen LogP contribution in [0.1, 0.15) is 36.8 Å². The molecule has 37 heavy (non-hydrogen) atoms. The Labute approximate surface area is 219 Å². The van der Waals surface area contributed by atoms with Gasteiger partial charge in [0.25, 0.3) is 0 Å². The minimum atomic E-state index is -0.523. The Balaban J connectivity index is 1.35. The molecule has 9 nitrogen and oxygen atoms in total. The number of aromatic nitrogens is 3. The molecule has 0 spiro atoms. The highest BCUT2D eigenvalue weighted by atomic mass is 32.1. The molecule has 1 N–H and O–H groups in total. The molecular formula is C27H29N5O4S. The quantitative estimate of drug-likeness (QED) is 0.331. The molecule has 0 atom stereocenters. The highest BCUT2D eigenvalue weighted by Crippen LogP contribution is 2.39. The molecule has 1 aromatic carbocycles. The third-order valence-corrected chi connectivity index (χ3v) is 7.00. The van der Waals surface area contributed by atoms with Crippen molar-refractivity contribution in [2.45, 2.75) is 46.3 Å². The highest BCUT2D eigenvalue weighted by Gasteiger charge is 2.29. The van der Waals surface area contributed by atoms with E-state index < -0.39 is 5.60 Å². The lowest BCUT2D eigenvalue weighted by molar-refractivity contribution is 0.0227. The van der Waals surface area contributed by atoms with Crippen molar-refractivity contribution in [1.29, 1.82) is 0 Å². The number of benzene rings is 1. The van der Waals surface area contributed by atoms with Gasteiger partial charge in [-0.1, -0.05) is 0 Å². The van der Waals surface area contributed by atoms with E-state index in [0.29, 0.717) is 24.7 Å². The number of aryl methyl sites for hydroxylation is 1. The van der Waals surface area contributed by atoms with Gasteiger partial charge in [0.15, 0.2) is 0 Å². The fraction of sp³-hybridized carbons (Fsp3) is 0.333. The van der Waals surface area contributed by atoms with Crippen LogP contribution in [0.25, 0.3) is 10.2 Å². The molecule has 4 aromatic rings. The molecule has 0 aliphatic carbocycles. The van der Waals surface area contributed by atoms with E-state index in [1.165, 1.54) is 5.56 Å². The number of rotatable bonds is 5. The van der Waals surface area contributed by atoms with Crippen molar-refractivity contribution in [3.05, 3.63) is 58.9 Å². The third-order valence-electron chi connectivity index (χ3n) is 5.87. The first-order chi connectivity index (χ1) is 17.7. The lowest BCUT2D eigenvalue weighted by Gasteiger charge is -2.30. The number of thiophene rings is 1. The average molecular weight is 520 g/mol. The molecule has 1 aliphatic rings. The van der Waals surface area contributed by atoms with E-state index in [9.17, 15) is 4.79 Å². The molecular weight excluding hydrogens is 490 g/mol. The Morgan fingerprint density at radius 1 is 1.14 bits per heavy atom. The predicted octanol–water partition coefficient (Wildman–Crippen LogP) is 6.23. The normalized spacial score (nSPS) is 13.3. The second-order valence-corrected chi connectivity index (χ2v) is 10.9. The average Bonchev–Trinajstić information content (AvgIpc) is 3.24. The zero-order valence-corrected chi connectivity index (χ0v) is 22.3. The molecule has 0 saturated carbocycles. The molecule has 0 fully saturated rings. The maximum absolute atomic E-state index is 12.6. The number of hydrogen-bond acceptors (Lipinski definition) is 9. The molecule has 4 heterocycles. The summed E-state index contributed by atoms with van der Waals surface area (Å²) >= 11 is 1.60. The van der Waals surface area contributed by atoms with E-state index in [0.717, 1.165) is 44.3 Å². The van der Waals surface area contributed by atoms with Gasteiger partial charge in [-0.3, -0.25) is 0 Å². The molecule has 0 unspecified atom stereocenters. The van der Waals surface area contributed by atoms with Crippen molar-refractivity contribution in [2.75, 3.05) is 19.0 Å². The zero-order chi connectivity index (χ0) is 26.2. The largest absolute Gasteiger partial charge is 0.481 e. The lowest BCUT2D eigenvalue weighted by Crippen LogP contribution is -2.39. The van der Waals surface area contributed by atoms with E-state index in [1.807, 2.05) is 52.0 Å². The van der Waals surface area contributed by atoms with Gasteiger partial charge in [-0.2, -0.15) is 0 Å². The fourth-order valence-electron chi connectivity index (χ4n) is 4.16. The Morgan fingerprint density at radius 2 is 1.97 bits per heavy atom. The van der Waals surface area contributed by atoms with Gasteiger partial charge in [-0.05, 0) is 69.5 Å². The van der Waals surface area contributed by atoms with Crippen LogP contribution in [0.15, 0.2) is 42.9 Å². The third kappa shape index (κ3) is 5.43. The van der Waals surface area contributed by atoms with E-state index in [2.05, 4.69) is 20.3 Å². The molecule has 0 saturated heterocycles. The first-order valence-corrected chi connectivity index (χ1v) is 12.8. The van der Waals surface area contributed by atoms with Gasteiger partial charge in [-0.15, -0.1) is 11.3 Å². The standard InChI is InChI=1S/C27H29N5O4S/c1-16-12-17(6-8-20(16)35-18-7-9-22(34-5)28-13-18)31-24-23-19-10-11-32(26(33)36-27(2,3)4)14-21(19)37-25(23)30-15-29-24/h6-9,12-13,15H,10-11,14H2,1-5H3,(H,29,30,31). The molecule has 1 aliphatic heterocycles. The summed E-state index contributed by atoms with van der Waals surface area (Å²) in [6, 6.07) is 9.47. The number of hydrogen-bond donors (Lipinski definition) is 1. The summed E-state index contributed by atoms with van der Waals surface area (Å²) in [7, 11) is 1.58. The van der Waals surface area contributed by atoms with Crippen molar-refractivity contribution in [3.8, 4) is 17.4 Å². The number of ether oxygens (including phenoxy) is 3. The zero-order valence-electron chi connectivity index (χ0n) is 21.5. The van der Waals surface area contributed by atoms with E-state index >= 15 is 0 Å². The summed E-state index contributed by atoms with van der Waals surface area (Å²) in [5, 5.41) is 4.47. The summed E-state index contributed by atoms with van der Waals surface area (Å²) in [5.41, 5.74) is 2.52. The van der Waals surface area contributed by atoms with Crippen molar-refractivity contribution < 1.29 is 19.0 Å². The number of amides is 1. The summed E-state index contributed by atoms with van der Waals surface area (Å²) in [5.74, 6) is 2.65. The monoisotopic (exact) mass is 519 g/mol. The Hall–Kier alpha value is -3.92. The van der Waals surface area contributed by atoms with Gasteiger partial charge in [-0.25, -0.2) is 19.7 Å². The number of nitrogens with zero attached hydrogens (tertiary/aromatic N) is 4. The van der Waals surface area contributed by atoms with Crippen molar-refractivity contribution in [1.82, 2.24) is 19.9 Å². The molecule has 10 heteroatoms. The van der Waals surface area contributed by atoms with Gasteiger partial charge >= 0.3 is 6.09 Å². The summed E-state index contributed by atoms with van der Waals surface area (Å²) in [4.78, 5) is 29.6. The van der Waals surface area contributed by atoms with Gasteiger partial charge in [0.2, 0.25) is 5.88 Å². The van der Waals surface area contributed by atoms with Gasteiger partial charge < -0.3 is 24.4 Å². The fourth-order valence-corrected chi connectivity index (χ4v) is 5.36. The second-order valence-electron chi connectivity index (χ2n) is 9.80. The van der Waals surface area contributed by atoms with Crippen LogP contribution in [-0.4, -0.2) is 45.2 Å². The summed E-state index contributed by atoms with van der Waals surface area (Å²) in [6.07, 6.45) is 3.63. The van der Waals surface area contributed by atoms with Crippen LogP contribution in [-0.2, 0) is 17.7 Å². The molecule has 0 bridgehead atoms. The van der Waals surface area contributed by atoms with Crippen molar-refractivity contribution in [2.24, 2.45) is 0 Å². The van der Waals surface area contributed by atoms with Gasteiger partial charge in [0, 0.05) is 23.2 Å². The van der Waals surface area contributed by atoms with E-state index in [-0.39, 0.29) is 6.09 Å². The molecule has 0 radical (unpaired) electrons. The van der Waals surface area contributed by atoms with Crippen LogP contribution in [0, 0.1) is 6.92 Å². The highest BCUT2D eigenvalue weighted by molar-refractivity contribution is 7.19. The number of anilines is 2. The SMILES string of the molecule is COc1ccc(Oc2ccc(Nc3ncnc4sc5c(c34)CCN(C(=O)OC(C)(C)C)C5)cc2C)cn1. The first kappa shape index (κ1) is 24.8. The first-order valence-electron chi connectivity index (χ1n) is 12.0. The Morgan fingerprint density at radius 3 is 2.68 bits per heavy atom. The Kier molecular flexibility index (Phi) is 6.59. The molecule has 192 valence electrons. The van der Waals surface area contributed by atoms with Crippen molar-refractivity contribution >= 4 is 39.2 Å². The number of methoxy groups -OCH3 is 1. The smallest absolute Gasteiger partial charge is 0.410 e. The lowest BCUT2D eigenvalue weighted by atomic mass is 10.1. The number of carbonyl (C=O) groups excluding carboxylic acids is 1. The number of fused-ring (bicyclic) bond motifs is 3. The molecule has 3 aromatic heterocycles. The van der Waals surface area contributed by atoms with Crippen LogP contribution >= 0.6 is 11.3 Å². The van der Waals surface area contributed by atoms with E-state index in [4.69, 9.17) is 14.2 Å². The van der Waals surface area contributed by atoms with Gasteiger partial charge in [0.1, 0.15) is 34.1 Å². The number of nitrogens with one attached hydrogen (secondary N) is 1. The van der Waals surface area contributed by atoms with Crippen LogP contribution in [0.3, 0.4) is 0 Å². The summed E-state index contributed by atoms with van der Waals surface area (Å²) in [6.45, 7) is 8.73. The molecule has 5 rings (SSSR count). The van der Waals surface area contributed by atoms with Crippen LogP contribution < -0.4 is 14.8 Å². The van der Waals surface area contributed by atoms with Gasteiger partial charge in [0.05, 0.1) is 25.2 Å². The second kappa shape index (κ2) is 9.85. The Bertz CT molecular complexity index is 1450. The van der Waals surface area contributed by atoms with Crippen LogP contribution in [0.2, 0.25) is 0 Å². The van der Waals surface area contributed by atoms with Crippen LogP contribution in [0.5, 0.6) is 17.4 Å². The number of pyridine rings is 1.